The molecular formula is C33H30N4S3. The van der Waals surface area contributed by atoms with Crippen LogP contribution in [-0.2, 0) is 6.42 Å². The fourth-order valence-electron chi connectivity index (χ4n) is 5.39. The van der Waals surface area contributed by atoms with Gasteiger partial charge in [-0.2, -0.15) is 0 Å². The van der Waals surface area contributed by atoms with Crippen molar-refractivity contribution in [3.8, 4) is 30.2 Å². The Labute approximate surface area is 245 Å². The first-order valence-corrected chi connectivity index (χ1v) is 16.5. The van der Waals surface area contributed by atoms with E-state index in [9.17, 15) is 0 Å². The van der Waals surface area contributed by atoms with Crippen molar-refractivity contribution in [3.05, 3.63) is 77.9 Å². The van der Waals surface area contributed by atoms with Crippen molar-refractivity contribution in [1.29, 1.82) is 0 Å². The SMILES string of the molecule is CCCCCCCCc1ccc(-c2ccc(-c3ccc(-c4nc5c6cccnc6c6ncccc6c5[nH]4)s3)s2)s1. The number of aromatic amines is 1. The van der Waals surface area contributed by atoms with Gasteiger partial charge in [0.25, 0.3) is 0 Å². The van der Waals surface area contributed by atoms with Crippen LogP contribution in [0, 0.1) is 0 Å². The number of hydrogen-bond acceptors (Lipinski definition) is 6. The first-order valence-electron chi connectivity index (χ1n) is 14.1. The number of benzene rings is 1. The minimum Gasteiger partial charge on any atom is -0.337 e. The van der Waals surface area contributed by atoms with Crippen LogP contribution >= 0.6 is 34.0 Å². The van der Waals surface area contributed by atoms with Gasteiger partial charge in [-0.05, 0) is 73.5 Å². The number of aromatic nitrogens is 4. The Kier molecular flexibility index (Phi) is 7.18. The zero-order valence-electron chi connectivity index (χ0n) is 22.4. The Morgan fingerprint density at radius 2 is 1.20 bits per heavy atom. The summed E-state index contributed by atoms with van der Waals surface area (Å²) in [6.07, 6.45) is 13.0. The number of aryl methyl sites for hydroxylation is 1. The third-order valence-electron chi connectivity index (χ3n) is 7.44. The van der Waals surface area contributed by atoms with E-state index < -0.39 is 0 Å². The molecule has 0 aliphatic rings. The van der Waals surface area contributed by atoms with Gasteiger partial charge in [0.2, 0.25) is 0 Å². The lowest BCUT2D eigenvalue weighted by Crippen LogP contribution is -1.86. The summed E-state index contributed by atoms with van der Waals surface area (Å²) in [6.45, 7) is 2.28. The van der Waals surface area contributed by atoms with Gasteiger partial charge in [0.1, 0.15) is 5.82 Å². The molecule has 6 heterocycles. The number of nitrogens with one attached hydrogen (secondary N) is 1. The predicted octanol–water partition coefficient (Wildman–Crippen LogP) is 10.7. The number of thiophene rings is 3. The quantitative estimate of drug-likeness (QED) is 0.130. The Bertz CT molecular complexity index is 1850. The number of pyridine rings is 2. The molecule has 0 bridgehead atoms. The number of fused-ring (bicyclic) bond motifs is 6. The smallest absolute Gasteiger partial charge is 0.148 e. The van der Waals surface area contributed by atoms with Crippen LogP contribution in [0.15, 0.2) is 73.1 Å². The molecule has 0 spiro atoms. The Hall–Kier alpha value is -3.39. The fraction of sp³-hybridized carbons (Fsp3) is 0.242. The standard InChI is InChI=1S/C33H30N4S3/c1-2-3-4-5-6-7-10-21-13-14-24(38-21)25-15-16-26(39-25)27-17-18-28(40-27)33-36-31-22-11-8-19-34-29(22)30-23(32(31)37-33)12-9-20-35-30/h8-9,11-20H,2-7,10H2,1H3,(H,36,37). The maximum Gasteiger partial charge on any atom is 0.148 e. The number of H-pyrrole nitrogens is 1. The maximum atomic E-state index is 5.06. The van der Waals surface area contributed by atoms with Gasteiger partial charge >= 0.3 is 0 Å². The van der Waals surface area contributed by atoms with E-state index in [2.05, 4.69) is 70.4 Å². The average molecular weight is 579 g/mol. The first-order chi connectivity index (χ1) is 19.8. The molecule has 0 saturated heterocycles. The highest BCUT2D eigenvalue weighted by Crippen LogP contribution is 2.42. The van der Waals surface area contributed by atoms with Gasteiger partial charge in [0, 0.05) is 47.6 Å². The van der Waals surface area contributed by atoms with Crippen LogP contribution in [0.1, 0.15) is 50.3 Å². The molecule has 1 aromatic carbocycles. The van der Waals surface area contributed by atoms with Crippen LogP contribution in [0.5, 0.6) is 0 Å². The first kappa shape index (κ1) is 25.6. The molecule has 7 heteroatoms. The molecule has 7 aromatic rings. The summed E-state index contributed by atoms with van der Waals surface area (Å²) in [4.78, 5) is 25.9. The fourth-order valence-corrected chi connectivity index (χ4v) is 8.57. The zero-order valence-corrected chi connectivity index (χ0v) is 24.9. The lowest BCUT2D eigenvalue weighted by molar-refractivity contribution is 0.609. The molecule has 0 radical (unpaired) electrons. The van der Waals surface area contributed by atoms with Gasteiger partial charge in [0.15, 0.2) is 0 Å². The van der Waals surface area contributed by atoms with Crippen LogP contribution in [0.25, 0.3) is 63.0 Å². The summed E-state index contributed by atoms with van der Waals surface area (Å²) in [5.41, 5.74) is 3.76. The molecule has 0 unspecified atom stereocenters. The highest BCUT2D eigenvalue weighted by atomic mass is 32.1. The molecule has 0 fully saturated rings. The van der Waals surface area contributed by atoms with E-state index >= 15 is 0 Å². The Morgan fingerprint density at radius 3 is 1.98 bits per heavy atom. The normalized spacial score (nSPS) is 11.8. The van der Waals surface area contributed by atoms with Crippen LogP contribution in [0.3, 0.4) is 0 Å². The highest BCUT2D eigenvalue weighted by molar-refractivity contribution is 7.27. The van der Waals surface area contributed by atoms with E-state index in [4.69, 9.17) is 4.98 Å². The molecule has 40 heavy (non-hydrogen) atoms. The Balaban J connectivity index is 1.12. The largest absolute Gasteiger partial charge is 0.337 e. The molecule has 1 N–H and O–H groups in total. The minimum absolute atomic E-state index is 0.891. The van der Waals surface area contributed by atoms with Crippen molar-refractivity contribution >= 4 is 66.8 Å². The van der Waals surface area contributed by atoms with E-state index in [1.54, 1.807) is 11.3 Å². The van der Waals surface area contributed by atoms with Gasteiger partial charge in [0.05, 0.1) is 26.9 Å². The zero-order chi connectivity index (χ0) is 26.9. The molecule has 0 atom stereocenters. The van der Waals surface area contributed by atoms with E-state index in [0.29, 0.717) is 0 Å². The molecule has 0 amide bonds. The van der Waals surface area contributed by atoms with E-state index in [1.807, 2.05) is 47.2 Å². The summed E-state index contributed by atoms with van der Waals surface area (Å²) in [5, 5.41) is 2.08. The van der Waals surface area contributed by atoms with Crippen molar-refractivity contribution in [2.45, 2.75) is 51.9 Å². The van der Waals surface area contributed by atoms with Gasteiger partial charge in [-0.3, -0.25) is 9.97 Å². The second-order valence-electron chi connectivity index (χ2n) is 10.2. The van der Waals surface area contributed by atoms with Gasteiger partial charge < -0.3 is 4.98 Å². The molecular weight excluding hydrogens is 549 g/mol. The number of unbranched alkanes of at least 4 members (excludes halogenated alkanes) is 5. The van der Waals surface area contributed by atoms with Gasteiger partial charge in [-0.1, -0.05) is 39.0 Å². The number of rotatable bonds is 10. The molecule has 0 aliphatic heterocycles. The van der Waals surface area contributed by atoms with Crippen LogP contribution in [0.4, 0.5) is 0 Å². The highest BCUT2D eigenvalue weighted by Gasteiger charge is 2.17. The number of hydrogen-bond donors (Lipinski definition) is 1. The van der Waals surface area contributed by atoms with Crippen molar-refractivity contribution in [2.24, 2.45) is 0 Å². The third kappa shape index (κ3) is 4.87. The number of imidazole rings is 1. The maximum absolute atomic E-state index is 5.06. The summed E-state index contributed by atoms with van der Waals surface area (Å²) in [6, 6.07) is 21.7. The monoisotopic (exact) mass is 578 g/mol. The molecule has 6 aromatic heterocycles. The summed E-state index contributed by atoms with van der Waals surface area (Å²) in [5.74, 6) is 0.891. The summed E-state index contributed by atoms with van der Waals surface area (Å²) in [7, 11) is 0. The van der Waals surface area contributed by atoms with Crippen LogP contribution in [0.2, 0.25) is 0 Å². The van der Waals surface area contributed by atoms with Crippen molar-refractivity contribution in [3.63, 3.8) is 0 Å². The van der Waals surface area contributed by atoms with Gasteiger partial charge in [-0.25, -0.2) is 4.98 Å². The van der Waals surface area contributed by atoms with E-state index in [0.717, 1.165) is 43.5 Å². The van der Waals surface area contributed by atoms with Gasteiger partial charge in [-0.15, -0.1) is 34.0 Å². The lowest BCUT2D eigenvalue weighted by atomic mass is 10.1. The number of nitrogens with zero attached hydrogens (tertiary/aromatic N) is 3. The van der Waals surface area contributed by atoms with E-state index in [-0.39, 0.29) is 0 Å². The molecule has 200 valence electrons. The summed E-state index contributed by atoms with van der Waals surface area (Å²) >= 11 is 5.63. The third-order valence-corrected chi connectivity index (χ3v) is 11.2. The molecule has 7 rings (SSSR count). The minimum atomic E-state index is 0.891. The van der Waals surface area contributed by atoms with Crippen molar-refractivity contribution in [1.82, 2.24) is 19.9 Å². The van der Waals surface area contributed by atoms with Crippen molar-refractivity contribution in [2.75, 3.05) is 0 Å². The second kappa shape index (κ2) is 11.2. The second-order valence-corrected chi connectivity index (χ2v) is 13.6. The Morgan fingerprint density at radius 1 is 0.600 bits per heavy atom. The van der Waals surface area contributed by atoms with Crippen LogP contribution in [-0.4, -0.2) is 19.9 Å². The van der Waals surface area contributed by atoms with E-state index in [1.165, 1.54) is 69.3 Å². The lowest BCUT2D eigenvalue weighted by Gasteiger charge is -2.03. The average Bonchev–Trinajstić information content (AvgIpc) is 3.80. The van der Waals surface area contributed by atoms with Crippen LogP contribution < -0.4 is 0 Å². The molecule has 4 nitrogen and oxygen atoms in total. The van der Waals surface area contributed by atoms with Crippen molar-refractivity contribution < 1.29 is 0 Å². The topological polar surface area (TPSA) is 54.5 Å². The predicted molar refractivity (Wildman–Crippen MR) is 174 cm³/mol. The summed E-state index contributed by atoms with van der Waals surface area (Å²) < 4.78 is 0. The molecule has 0 aliphatic carbocycles. The molecule has 0 saturated carbocycles.